The first-order chi connectivity index (χ1) is 11.7. The summed E-state index contributed by atoms with van der Waals surface area (Å²) < 4.78 is 11.0. The third-order valence-corrected chi connectivity index (χ3v) is 4.09. The maximum atomic E-state index is 12.7. The molecular formula is C18H13ClN2O3. The number of aromatic nitrogens is 1. The summed E-state index contributed by atoms with van der Waals surface area (Å²) >= 11 is 6.25. The van der Waals surface area contributed by atoms with Crippen molar-refractivity contribution in [3.8, 4) is 11.5 Å². The number of amides is 1. The molecule has 24 heavy (non-hydrogen) atoms. The lowest BCUT2D eigenvalue weighted by atomic mass is 10.1. The van der Waals surface area contributed by atoms with E-state index in [0.29, 0.717) is 41.0 Å². The van der Waals surface area contributed by atoms with Crippen molar-refractivity contribution in [3.63, 3.8) is 0 Å². The maximum absolute atomic E-state index is 12.7. The van der Waals surface area contributed by atoms with Gasteiger partial charge in [0.15, 0.2) is 11.5 Å². The first kappa shape index (κ1) is 14.8. The van der Waals surface area contributed by atoms with Gasteiger partial charge in [0.05, 0.1) is 21.8 Å². The number of fused-ring (bicyclic) bond motifs is 2. The number of hydrogen-bond acceptors (Lipinski definition) is 4. The lowest BCUT2D eigenvalue weighted by molar-refractivity contribution is 0.102. The van der Waals surface area contributed by atoms with Crippen LogP contribution in [0.1, 0.15) is 10.4 Å². The van der Waals surface area contributed by atoms with Crippen molar-refractivity contribution in [2.24, 2.45) is 0 Å². The molecule has 5 nitrogen and oxygen atoms in total. The number of carbonyl (C=O) groups is 1. The molecule has 1 aliphatic heterocycles. The highest BCUT2D eigenvalue weighted by molar-refractivity contribution is 6.34. The van der Waals surface area contributed by atoms with Gasteiger partial charge in [-0.3, -0.25) is 9.78 Å². The number of pyridine rings is 1. The van der Waals surface area contributed by atoms with Crippen LogP contribution in [0.5, 0.6) is 11.5 Å². The Hall–Kier alpha value is -2.79. The molecule has 1 aromatic heterocycles. The first-order valence-electron chi connectivity index (χ1n) is 7.46. The molecule has 0 atom stereocenters. The highest BCUT2D eigenvalue weighted by Crippen LogP contribution is 2.38. The fourth-order valence-corrected chi connectivity index (χ4v) is 2.84. The van der Waals surface area contributed by atoms with E-state index < -0.39 is 0 Å². The molecule has 0 fully saturated rings. The number of ether oxygens (including phenoxy) is 2. The molecule has 0 bridgehead atoms. The van der Waals surface area contributed by atoms with Gasteiger partial charge in [0.2, 0.25) is 0 Å². The van der Waals surface area contributed by atoms with Crippen molar-refractivity contribution in [2.75, 3.05) is 18.5 Å². The van der Waals surface area contributed by atoms with Crippen LogP contribution in [0.25, 0.3) is 10.9 Å². The summed E-state index contributed by atoms with van der Waals surface area (Å²) in [4.78, 5) is 16.9. The quantitative estimate of drug-likeness (QED) is 0.768. The highest BCUT2D eigenvalue weighted by Gasteiger charge is 2.17. The van der Waals surface area contributed by atoms with Crippen LogP contribution >= 0.6 is 11.6 Å². The average Bonchev–Trinajstić information content (AvgIpc) is 2.62. The number of nitrogens with one attached hydrogen (secondary N) is 1. The smallest absolute Gasteiger partial charge is 0.256 e. The summed E-state index contributed by atoms with van der Waals surface area (Å²) in [5.74, 6) is 0.895. The van der Waals surface area contributed by atoms with E-state index in [1.54, 1.807) is 24.4 Å². The van der Waals surface area contributed by atoms with Gasteiger partial charge < -0.3 is 14.8 Å². The Kier molecular flexibility index (Phi) is 3.70. The van der Waals surface area contributed by atoms with E-state index in [4.69, 9.17) is 21.1 Å². The van der Waals surface area contributed by atoms with Gasteiger partial charge in [0.25, 0.3) is 5.91 Å². The molecule has 6 heteroatoms. The van der Waals surface area contributed by atoms with Gasteiger partial charge in [-0.1, -0.05) is 29.8 Å². The fourth-order valence-electron chi connectivity index (χ4n) is 2.64. The molecule has 0 spiro atoms. The standard InChI is InChI=1S/C18H13ClN2O3/c19-13-9-16-17(24-8-7-23-16)10-15(13)21-18(22)12-5-6-20-14-4-2-1-3-11(12)14/h1-6,9-10H,7-8H2,(H,21,22). The van der Waals surface area contributed by atoms with Gasteiger partial charge in [0, 0.05) is 23.7 Å². The molecule has 4 rings (SSSR count). The Morgan fingerprint density at radius 3 is 2.67 bits per heavy atom. The van der Waals surface area contributed by atoms with E-state index in [1.807, 2.05) is 24.3 Å². The lowest BCUT2D eigenvalue weighted by Crippen LogP contribution is -2.17. The normalized spacial score (nSPS) is 12.9. The van der Waals surface area contributed by atoms with Gasteiger partial charge in [-0.05, 0) is 12.1 Å². The zero-order valence-corrected chi connectivity index (χ0v) is 13.3. The molecule has 0 saturated carbocycles. The first-order valence-corrected chi connectivity index (χ1v) is 7.84. The molecular weight excluding hydrogens is 328 g/mol. The maximum Gasteiger partial charge on any atom is 0.256 e. The zero-order valence-electron chi connectivity index (χ0n) is 12.6. The number of hydrogen-bond donors (Lipinski definition) is 1. The Bertz CT molecular complexity index is 937. The van der Waals surface area contributed by atoms with E-state index in [9.17, 15) is 4.79 Å². The van der Waals surface area contributed by atoms with Crippen molar-refractivity contribution < 1.29 is 14.3 Å². The average molecular weight is 341 g/mol. The van der Waals surface area contributed by atoms with E-state index in [2.05, 4.69) is 10.3 Å². The largest absolute Gasteiger partial charge is 0.486 e. The van der Waals surface area contributed by atoms with Crippen LogP contribution in [0.3, 0.4) is 0 Å². The Labute approximate surface area is 143 Å². The minimum absolute atomic E-state index is 0.257. The zero-order chi connectivity index (χ0) is 16.5. The third-order valence-electron chi connectivity index (χ3n) is 3.77. The second kappa shape index (κ2) is 6.02. The third kappa shape index (κ3) is 2.63. The Morgan fingerprint density at radius 1 is 1.08 bits per heavy atom. The molecule has 120 valence electrons. The van der Waals surface area contributed by atoms with Crippen LogP contribution in [-0.4, -0.2) is 24.1 Å². The van der Waals surface area contributed by atoms with Crippen LogP contribution in [0, 0.1) is 0 Å². The second-order valence-corrected chi connectivity index (χ2v) is 5.71. The number of anilines is 1. The summed E-state index contributed by atoms with van der Waals surface area (Å²) in [6.07, 6.45) is 1.61. The van der Waals surface area contributed by atoms with E-state index in [1.165, 1.54) is 0 Å². The van der Waals surface area contributed by atoms with Crippen molar-refractivity contribution in [1.29, 1.82) is 0 Å². The summed E-state index contributed by atoms with van der Waals surface area (Å²) in [6, 6.07) is 12.5. The second-order valence-electron chi connectivity index (χ2n) is 5.31. The summed E-state index contributed by atoms with van der Waals surface area (Å²) in [7, 11) is 0. The van der Waals surface area contributed by atoms with Gasteiger partial charge in [-0.15, -0.1) is 0 Å². The molecule has 0 aliphatic carbocycles. The van der Waals surface area contributed by atoms with Crippen LogP contribution in [0.4, 0.5) is 5.69 Å². The Balaban J connectivity index is 1.69. The van der Waals surface area contributed by atoms with E-state index in [-0.39, 0.29) is 5.91 Å². The molecule has 2 heterocycles. The highest BCUT2D eigenvalue weighted by atomic mass is 35.5. The summed E-state index contributed by atoms with van der Waals surface area (Å²) in [5, 5.41) is 4.01. The fraction of sp³-hybridized carbons (Fsp3) is 0.111. The van der Waals surface area contributed by atoms with Gasteiger partial charge >= 0.3 is 0 Å². The number of carbonyl (C=O) groups excluding carboxylic acids is 1. The van der Waals surface area contributed by atoms with Crippen molar-refractivity contribution in [2.45, 2.75) is 0 Å². The van der Waals surface area contributed by atoms with E-state index in [0.717, 1.165) is 10.9 Å². The van der Waals surface area contributed by atoms with Crippen molar-refractivity contribution in [3.05, 3.63) is 59.2 Å². The molecule has 0 saturated heterocycles. The number of para-hydroxylation sites is 1. The molecule has 0 unspecified atom stereocenters. The summed E-state index contributed by atoms with van der Waals surface area (Å²) in [5.41, 5.74) is 1.77. The molecule has 0 radical (unpaired) electrons. The summed E-state index contributed by atoms with van der Waals surface area (Å²) in [6.45, 7) is 0.953. The number of benzene rings is 2. The van der Waals surface area contributed by atoms with Gasteiger partial charge in [-0.2, -0.15) is 0 Å². The topological polar surface area (TPSA) is 60.5 Å². The molecule has 1 aliphatic rings. The SMILES string of the molecule is O=C(Nc1cc2c(cc1Cl)OCCO2)c1ccnc2ccccc12. The predicted octanol–water partition coefficient (Wildman–Crippen LogP) is 3.91. The van der Waals surface area contributed by atoms with Crippen LogP contribution < -0.4 is 14.8 Å². The Morgan fingerprint density at radius 2 is 1.83 bits per heavy atom. The van der Waals surface area contributed by atoms with Crippen molar-refractivity contribution >= 4 is 34.1 Å². The van der Waals surface area contributed by atoms with E-state index >= 15 is 0 Å². The monoisotopic (exact) mass is 340 g/mol. The van der Waals surface area contributed by atoms with Crippen LogP contribution in [-0.2, 0) is 0 Å². The molecule has 1 amide bonds. The molecule has 2 aromatic carbocycles. The minimum atomic E-state index is -0.257. The number of nitrogens with zero attached hydrogens (tertiary/aromatic N) is 1. The minimum Gasteiger partial charge on any atom is -0.486 e. The predicted molar refractivity (Wildman–Crippen MR) is 92.1 cm³/mol. The molecule has 3 aromatic rings. The van der Waals surface area contributed by atoms with Gasteiger partial charge in [0.1, 0.15) is 13.2 Å². The van der Waals surface area contributed by atoms with Crippen LogP contribution in [0.15, 0.2) is 48.7 Å². The lowest BCUT2D eigenvalue weighted by Gasteiger charge is -2.20. The molecule has 1 N–H and O–H groups in total. The van der Waals surface area contributed by atoms with Crippen molar-refractivity contribution in [1.82, 2.24) is 4.98 Å². The number of halogens is 1. The van der Waals surface area contributed by atoms with Crippen LogP contribution in [0.2, 0.25) is 5.02 Å². The van der Waals surface area contributed by atoms with Gasteiger partial charge in [-0.25, -0.2) is 0 Å². The number of rotatable bonds is 2.